The van der Waals surface area contributed by atoms with Crippen molar-refractivity contribution in [1.82, 2.24) is 16.0 Å². The van der Waals surface area contributed by atoms with Crippen LogP contribution in [-0.2, 0) is 11.3 Å². The van der Waals surface area contributed by atoms with Crippen molar-refractivity contribution in [3.05, 3.63) is 23.8 Å². The summed E-state index contributed by atoms with van der Waals surface area (Å²) >= 11 is 0. The summed E-state index contributed by atoms with van der Waals surface area (Å²) in [6, 6.07) is 6.18. The summed E-state index contributed by atoms with van der Waals surface area (Å²) in [5.74, 6) is 1.82. The normalized spacial score (nSPS) is 13.4. The van der Waals surface area contributed by atoms with Crippen molar-refractivity contribution < 1.29 is 14.3 Å². The smallest absolute Gasteiger partial charge is 0.257 e. The Labute approximate surface area is 172 Å². The quantitative estimate of drug-likeness (QED) is 0.289. The fraction of sp³-hybridized carbons (Fsp3) is 0.556. The molecule has 1 aliphatic carbocycles. The van der Waals surface area contributed by atoms with Crippen molar-refractivity contribution in [1.29, 1.82) is 0 Å². The van der Waals surface area contributed by atoms with Crippen LogP contribution in [-0.4, -0.2) is 44.7 Å². The highest BCUT2D eigenvalue weighted by Gasteiger charge is 2.22. The van der Waals surface area contributed by atoms with Gasteiger partial charge in [-0.2, -0.15) is 0 Å². The van der Waals surface area contributed by atoms with Crippen LogP contribution in [0.25, 0.3) is 0 Å². The van der Waals surface area contributed by atoms with E-state index in [1.807, 2.05) is 32.0 Å². The number of halogens is 1. The number of hydrogen-bond acceptors (Lipinski definition) is 4. The van der Waals surface area contributed by atoms with Gasteiger partial charge >= 0.3 is 0 Å². The minimum absolute atomic E-state index is 0. The van der Waals surface area contributed by atoms with Gasteiger partial charge in [-0.25, -0.2) is 4.99 Å². The Morgan fingerprint density at radius 1 is 1.19 bits per heavy atom. The Morgan fingerprint density at radius 2 is 1.92 bits per heavy atom. The van der Waals surface area contributed by atoms with Crippen molar-refractivity contribution >= 4 is 35.8 Å². The summed E-state index contributed by atoms with van der Waals surface area (Å²) < 4.78 is 10.9. The first-order valence-corrected chi connectivity index (χ1v) is 8.77. The molecule has 1 saturated carbocycles. The molecular formula is C18H29IN4O3. The highest BCUT2D eigenvalue weighted by atomic mass is 127. The van der Waals surface area contributed by atoms with Crippen LogP contribution in [0.4, 0.5) is 0 Å². The van der Waals surface area contributed by atoms with Gasteiger partial charge in [-0.3, -0.25) is 4.79 Å². The molecule has 1 aromatic rings. The predicted octanol–water partition coefficient (Wildman–Crippen LogP) is 2.05. The maximum Gasteiger partial charge on any atom is 0.257 e. The van der Waals surface area contributed by atoms with Gasteiger partial charge < -0.3 is 25.4 Å². The minimum Gasteiger partial charge on any atom is -0.493 e. The number of ether oxygens (including phenoxy) is 2. The fourth-order valence-corrected chi connectivity index (χ4v) is 2.23. The zero-order valence-corrected chi connectivity index (χ0v) is 18.0. The molecule has 26 heavy (non-hydrogen) atoms. The first-order chi connectivity index (χ1) is 12.2. The Balaban J connectivity index is 0.00000338. The molecule has 0 spiro atoms. The van der Waals surface area contributed by atoms with Crippen LogP contribution < -0.4 is 25.4 Å². The molecule has 1 fully saturated rings. The van der Waals surface area contributed by atoms with Crippen LogP contribution in [0.1, 0.15) is 32.3 Å². The molecule has 0 radical (unpaired) electrons. The van der Waals surface area contributed by atoms with Crippen molar-refractivity contribution in [2.24, 2.45) is 4.99 Å². The van der Waals surface area contributed by atoms with Gasteiger partial charge in [0.05, 0.1) is 13.7 Å². The number of hydrogen-bond donors (Lipinski definition) is 3. The molecule has 0 saturated heterocycles. The Bertz CT molecular complexity index is 606. The highest BCUT2D eigenvalue weighted by molar-refractivity contribution is 14.0. The summed E-state index contributed by atoms with van der Waals surface area (Å²) in [7, 11) is 1.58. The Hall–Kier alpha value is -1.71. The number of benzene rings is 1. The number of nitrogens with zero attached hydrogens (tertiary/aromatic N) is 1. The van der Waals surface area contributed by atoms with Crippen molar-refractivity contribution in [2.45, 2.75) is 39.3 Å². The van der Waals surface area contributed by atoms with Crippen LogP contribution in [0.15, 0.2) is 23.2 Å². The number of carbonyl (C=O) groups is 1. The zero-order chi connectivity index (χ0) is 18.1. The average molecular weight is 476 g/mol. The number of amides is 1. The molecule has 0 atom stereocenters. The third kappa shape index (κ3) is 7.67. The Morgan fingerprint density at radius 3 is 2.54 bits per heavy atom. The zero-order valence-electron chi connectivity index (χ0n) is 15.6. The lowest BCUT2D eigenvalue weighted by molar-refractivity contribution is -0.123. The van der Waals surface area contributed by atoms with E-state index in [0.29, 0.717) is 30.6 Å². The van der Waals surface area contributed by atoms with Gasteiger partial charge in [-0.05, 0) is 44.4 Å². The second-order valence-electron chi connectivity index (χ2n) is 5.84. The fourth-order valence-electron chi connectivity index (χ4n) is 2.23. The second-order valence-corrected chi connectivity index (χ2v) is 5.84. The number of guanidine groups is 1. The molecule has 0 aliphatic heterocycles. The van der Waals surface area contributed by atoms with Gasteiger partial charge in [0, 0.05) is 19.1 Å². The standard InChI is InChI=1S/C18H28N4O3.HI/c1-4-19-17(23)12-25-15-9-6-13(10-16(15)24-3)11-21-18(20-5-2)22-14-7-8-14;/h6,9-10,14H,4-5,7-8,11-12H2,1-3H3,(H,19,23)(H2,20,21,22);1H. The number of carbonyl (C=O) groups excluding carboxylic acids is 1. The highest BCUT2D eigenvalue weighted by Crippen LogP contribution is 2.28. The first kappa shape index (κ1) is 22.3. The third-order valence-electron chi connectivity index (χ3n) is 3.64. The van der Waals surface area contributed by atoms with Gasteiger partial charge in [0.25, 0.3) is 5.91 Å². The molecular weight excluding hydrogens is 447 g/mol. The number of rotatable bonds is 9. The third-order valence-corrected chi connectivity index (χ3v) is 3.64. The van der Waals surface area contributed by atoms with Gasteiger partial charge in [-0.1, -0.05) is 6.07 Å². The summed E-state index contributed by atoms with van der Waals surface area (Å²) in [6.07, 6.45) is 2.41. The lowest BCUT2D eigenvalue weighted by Crippen LogP contribution is -2.38. The summed E-state index contributed by atoms with van der Waals surface area (Å²) in [5.41, 5.74) is 1.01. The van der Waals surface area contributed by atoms with E-state index in [0.717, 1.165) is 18.1 Å². The number of likely N-dealkylation sites (N-methyl/N-ethyl adjacent to an activating group) is 1. The van der Waals surface area contributed by atoms with E-state index in [1.54, 1.807) is 7.11 Å². The molecule has 1 amide bonds. The van der Waals surface area contributed by atoms with E-state index in [-0.39, 0.29) is 36.5 Å². The topological polar surface area (TPSA) is 84.0 Å². The molecule has 3 N–H and O–H groups in total. The van der Waals surface area contributed by atoms with Gasteiger partial charge in [0.1, 0.15) is 0 Å². The predicted molar refractivity (Wildman–Crippen MR) is 114 cm³/mol. The molecule has 0 aromatic heterocycles. The van der Waals surface area contributed by atoms with Crippen LogP contribution in [0, 0.1) is 0 Å². The molecule has 8 heteroatoms. The van der Waals surface area contributed by atoms with Crippen LogP contribution >= 0.6 is 24.0 Å². The lowest BCUT2D eigenvalue weighted by Gasteiger charge is -2.12. The Kier molecular flexibility index (Phi) is 10.2. The van der Waals surface area contributed by atoms with Gasteiger partial charge in [0.15, 0.2) is 24.1 Å². The molecule has 0 bridgehead atoms. The first-order valence-electron chi connectivity index (χ1n) is 8.77. The molecule has 0 heterocycles. The monoisotopic (exact) mass is 476 g/mol. The maximum atomic E-state index is 11.5. The minimum atomic E-state index is -0.153. The van der Waals surface area contributed by atoms with Gasteiger partial charge in [-0.15, -0.1) is 24.0 Å². The largest absolute Gasteiger partial charge is 0.493 e. The maximum absolute atomic E-state index is 11.5. The van der Waals surface area contributed by atoms with E-state index >= 15 is 0 Å². The van der Waals surface area contributed by atoms with Gasteiger partial charge in [0.2, 0.25) is 0 Å². The molecule has 1 aromatic carbocycles. The van der Waals surface area contributed by atoms with Crippen molar-refractivity contribution in [3.63, 3.8) is 0 Å². The lowest BCUT2D eigenvalue weighted by atomic mass is 10.2. The van der Waals surface area contributed by atoms with Crippen LogP contribution in [0.2, 0.25) is 0 Å². The number of nitrogens with one attached hydrogen (secondary N) is 3. The van der Waals surface area contributed by atoms with E-state index < -0.39 is 0 Å². The molecule has 7 nitrogen and oxygen atoms in total. The molecule has 0 unspecified atom stereocenters. The number of methoxy groups -OCH3 is 1. The van der Waals surface area contributed by atoms with Crippen LogP contribution in [0.5, 0.6) is 11.5 Å². The van der Waals surface area contributed by atoms with E-state index in [1.165, 1.54) is 12.8 Å². The van der Waals surface area contributed by atoms with Crippen molar-refractivity contribution in [2.75, 3.05) is 26.8 Å². The average Bonchev–Trinajstić information content (AvgIpc) is 3.42. The number of aliphatic imine (C=N–C) groups is 1. The van der Waals surface area contributed by atoms with E-state index in [2.05, 4.69) is 20.9 Å². The molecule has 146 valence electrons. The van der Waals surface area contributed by atoms with E-state index in [4.69, 9.17) is 9.47 Å². The molecule has 1 aliphatic rings. The second kappa shape index (κ2) is 11.8. The summed E-state index contributed by atoms with van der Waals surface area (Å²) in [6.45, 7) is 5.84. The summed E-state index contributed by atoms with van der Waals surface area (Å²) in [4.78, 5) is 16.1. The van der Waals surface area contributed by atoms with Crippen LogP contribution in [0.3, 0.4) is 0 Å². The van der Waals surface area contributed by atoms with Crippen molar-refractivity contribution in [3.8, 4) is 11.5 Å². The molecule has 2 rings (SSSR count). The SMILES string of the molecule is CCNC(=O)COc1ccc(CN=C(NCC)NC2CC2)cc1OC.I. The summed E-state index contributed by atoms with van der Waals surface area (Å²) in [5, 5.41) is 9.33. The van der Waals surface area contributed by atoms with E-state index in [9.17, 15) is 4.79 Å².